The first-order valence-corrected chi connectivity index (χ1v) is 5.24. The van der Waals surface area contributed by atoms with E-state index >= 15 is 0 Å². The zero-order valence-electron chi connectivity index (χ0n) is 9.75. The Morgan fingerprint density at radius 1 is 1.44 bits per heavy atom. The molecule has 0 aliphatic rings. The van der Waals surface area contributed by atoms with Crippen LogP contribution in [0, 0.1) is 18.7 Å². The number of aryl methyl sites for hydroxylation is 1. The van der Waals surface area contributed by atoms with Gasteiger partial charge in [-0.15, -0.1) is 0 Å². The van der Waals surface area contributed by atoms with E-state index in [0.29, 0.717) is 11.3 Å². The van der Waals surface area contributed by atoms with E-state index in [1.54, 1.807) is 6.92 Å². The summed E-state index contributed by atoms with van der Waals surface area (Å²) in [6, 6.07) is 3.67. The van der Waals surface area contributed by atoms with Crippen molar-refractivity contribution in [2.24, 2.45) is 11.7 Å². The van der Waals surface area contributed by atoms with Crippen LogP contribution in [0.5, 0.6) is 0 Å². The summed E-state index contributed by atoms with van der Waals surface area (Å²) < 4.78 is 12.8. The molecule has 0 radical (unpaired) electrons. The molecular formula is C12H17FN2O. The lowest BCUT2D eigenvalue weighted by Gasteiger charge is -2.16. The Hall–Kier alpha value is -1.42. The van der Waals surface area contributed by atoms with Gasteiger partial charge in [0.2, 0.25) is 5.91 Å². The fraction of sp³-hybridized carbons (Fsp3) is 0.417. The summed E-state index contributed by atoms with van der Waals surface area (Å²) in [6.45, 7) is 5.49. The van der Waals surface area contributed by atoms with E-state index < -0.39 is 6.04 Å². The largest absolute Gasteiger partial charge is 0.324 e. The fourth-order valence-electron chi connectivity index (χ4n) is 1.29. The molecule has 0 saturated heterocycles. The quantitative estimate of drug-likeness (QED) is 0.825. The number of amides is 1. The van der Waals surface area contributed by atoms with Gasteiger partial charge in [-0.25, -0.2) is 4.39 Å². The minimum Gasteiger partial charge on any atom is -0.324 e. The van der Waals surface area contributed by atoms with E-state index in [2.05, 4.69) is 5.32 Å². The fourth-order valence-corrected chi connectivity index (χ4v) is 1.29. The number of carbonyl (C=O) groups is 1. The van der Waals surface area contributed by atoms with E-state index in [1.807, 2.05) is 13.8 Å². The normalized spacial score (nSPS) is 12.6. The molecule has 0 aliphatic heterocycles. The third kappa shape index (κ3) is 3.03. The highest BCUT2D eigenvalue weighted by molar-refractivity contribution is 5.95. The molecule has 1 amide bonds. The molecule has 1 rings (SSSR count). The van der Waals surface area contributed by atoms with Gasteiger partial charge in [0.15, 0.2) is 0 Å². The summed E-state index contributed by atoms with van der Waals surface area (Å²) in [6.07, 6.45) is 0. The maximum absolute atomic E-state index is 12.8. The molecule has 0 spiro atoms. The average molecular weight is 224 g/mol. The van der Waals surface area contributed by atoms with E-state index in [4.69, 9.17) is 5.73 Å². The third-order valence-corrected chi connectivity index (χ3v) is 2.47. The van der Waals surface area contributed by atoms with E-state index in [-0.39, 0.29) is 17.6 Å². The van der Waals surface area contributed by atoms with Crippen LogP contribution in [0.1, 0.15) is 19.4 Å². The number of carbonyl (C=O) groups excluding carboxylic acids is 1. The molecule has 1 atom stereocenters. The smallest absolute Gasteiger partial charge is 0.241 e. The minimum absolute atomic E-state index is 0.0701. The Balaban J connectivity index is 2.77. The molecule has 88 valence electrons. The number of rotatable bonds is 3. The summed E-state index contributed by atoms with van der Waals surface area (Å²) in [5.41, 5.74) is 6.99. The maximum atomic E-state index is 12.8. The molecule has 0 saturated carbocycles. The number of benzene rings is 1. The van der Waals surface area contributed by atoms with Crippen molar-refractivity contribution in [3.63, 3.8) is 0 Å². The van der Waals surface area contributed by atoms with Gasteiger partial charge in [0.1, 0.15) is 5.82 Å². The predicted molar refractivity (Wildman–Crippen MR) is 62.6 cm³/mol. The van der Waals surface area contributed by atoms with E-state index in [1.165, 1.54) is 18.2 Å². The van der Waals surface area contributed by atoms with Gasteiger partial charge in [0, 0.05) is 5.69 Å². The summed E-state index contributed by atoms with van der Waals surface area (Å²) >= 11 is 0. The lowest BCUT2D eigenvalue weighted by atomic mass is 10.0. The number of hydrogen-bond donors (Lipinski definition) is 2. The molecule has 3 N–H and O–H groups in total. The van der Waals surface area contributed by atoms with Gasteiger partial charge in [0.05, 0.1) is 6.04 Å². The van der Waals surface area contributed by atoms with Crippen molar-refractivity contribution >= 4 is 11.6 Å². The zero-order valence-corrected chi connectivity index (χ0v) is 9.75. The Kier molecular flexibility index (Phi) is 4.01. The molecule has 0 heterocycles. The molecule has 0 aromatic heterocycles. The van der Waals surface area contributed by atoms with Crippen LogP contribution < -0.4 is 11.1 Å². The van der Waals surface area contributed by atoms with Crippen molar-refractivity contribution in [2.75, 3.05) is 5.32 Å². The molecule has 3 nitrogen and oxygen atoms in total. The van der Waals surface area contributed by atoms with Gasteiger partial charge in [-0.2, -0.15) is 0 Å². The summed E-state index contributed by atoms with van der Waals surface area (Å²) in [4.78, 5) is 11.7. The maximum Gasteiger partial charge on any atom is 0.241 e. The molecule has 16 heavy (non-hydrogen) atoms. The van der Waals surface area contributed by atoms with Crippen LogP contribution in [0.2, 0.25) is 0 Å². The molecule has 0 bridgehead atoms. The lowest BCUT2D eigenvalue weighted by molar-refractivity contribution is -0.118. The van der Waals surface area contributed by atoms with Gasteiger partial charge < -0.3 is 11.1 Å². The highest BCUT2D eigenvalue weighted by Gasteiger charge is 2.17. The van der Waals surface area contributed by atoms with Crippen molar-refractivity contribution in [3.05, 3.63) is 29.6 Å². The first-order valence-electron chi connectivity index (χ1n) is 5.24. The third-order valence-electron chi connectivity index (χ3n) is 2.47. The lowest BCUT2D eigenvalue weighted by Crippen LogP contribution is -2.39. The topological polar surface area (TPSA) is 55.1 Å². The number of hydrogen-bond acceptors (Lipinski definition) is 2. The monoisotopic (exact) mass is 224 g/mol. The molecule has 1 aromatic carbocycles. The van der Waals surface area contributed by atoms with Gasteiger partial charge in [0.25, 0.3) is 0 Å². The Labute approximate surface area is 94.8 Å². The van der Waals surface area contributed by atoms with Crippen LogP contribution in [-0.4, -0.2) is 11.9 Å². The van der Waals surface area contributed by atoms with Crippen LogP contribution in [0.15, 0.2) is 18.2 Å². The van der Waals surface area contributed by atoms with E-state index in [0.717, 1.165) is 0 Å². The zero-order chi connectivity index (χ0) is 12.3. The minimum atomic E-state index is -0.551. The second-order valence-corrected chi connectivity index (χ2v) is 4.22. The van der Waals surface area contributed by atoms with Gasteiger partial charge >= 0.3 is 0 Å². The average Bonchev–Trinajstić information content (AvgIpc) is 2.20. The number of halogens is 1. The van der Waals surface area contributed by atoms with Crippen LogP contribution in [0.25, 0.3) is 0 Å². The number of anilines is 1. The Morgan fingerprint density at radius 3 is 2.56 bits per heavy atom. The first kappa shape index (κ1) is 12.6. The predicted octanol–water partition coefficient (Wildman–Crippen LogP) is 2.06. The van der Waals surface area contributed by atoms with Crippen LogP contribution in [-0.2, 0) is 4.79 Å². The summed E-state index contributed by atoms with van der Waals surface area (Å²) in [5, 5.41) is 2.69. The highest BCUT2D eigenvalue weighted by atomic mass is 19.1. The van der Waals surface area contributed by atoms with Gasteiger partial charge in [-0.05, 0) is 36.6 Å². The molecule has 4 heteroatoms. The van der Waals surface area contributed by atoms with Crippen molar-refractivity contribution in [3.8, 4) is 0 Å². The Bertz CT molecular complexity index is 391. The van der Waals surface area contributed by atoms with Crippen LogP contribution in [0.4, 0.5) is 10.1 Å². The van der Waals surface area contributed by atoms with Gasteiger partial charge in [-0.1, -0.05) is 13.8 Å². The standard InChI is InChI=1S/C12H17FN2O/c1-7(2)11(14)12(16)15-10-5-4-9(13)6-8(10)3/h4-7,11H,14H2,1-3H3,(H,15,16). The molecule has 0 aliphatic carbocycles. The van der Waals surface area contributed by atoms with Gasteiger partial charge in [-0.3, -0.25) is 4.79 Å². The van der Waals surface area contributed by atoms with Crippen molar-refractivity contribution in [1.29, 1.82) is 0 Å². The summed E-state index contributed by atoms with van der Waals surface area (Å²) in [5.74, 6) is -0.492. The molecular weight excluding hydrogens is 207 g/mol. The van der Waals surface area contributed by atoms with Crippen molar-refractivity contribution in [1.82, 2.24) is 0 Å². The number of nitrogens with one attached hydrogen (secondary N) is 1. The van der Waals surface area contributed by atoms with Crippen LogP contribution >= 0.6 is 0 Å². The summed E-state index contributed by atoms with van der Waals surface area (Å²) in [7, 11) is 0. The second kappa shape index (κ2) is 5.07. The molecule has 0 fully saturated rings. The SMILES string of the molecule is Cc1cc(F)ccc1NC(=O)C(N)C(C)C. The molecule has 1 unspecified atom stereocenters. The number of nitrogens with two attached hydrogens (primary N) is 1. The Morgan fingerprint density at radius 2 is 2.06 bits per heavy atom. The van der Waals surface area contributed by atoms with Crippen LogP contribution in [0.3, 0.4) is 0 Å². The second-order valence-electron chi connectivity index (χ2n) is 4.22. The van der Waals surface area contributed by atoms with Crippen molar-refractivity contribution < 1.29 is 9.18 Å². The first-order chi connectivity index (χ1) is 7.41. The van der Waals surface area contributed by atoms with E-state index in [9.17, 15) is 9.18 Å². The highest BCUT2D eigenvalue weighted by Crippen LogP contribution is 2.16. The van der Waals surface area contributed by atoms with Crippen molar-refractivity contribution in [2.45, 2.75) is 26.8 Å². The molecule has 1 aromatic rings.